The van der Waals surface area contributed by atoms with Gasteiger partial charge in [0.1, 0.15) is 11.6 Å². The zero-order valence-electron chi connectivity index (χ0n) is 8.97. The van der Waals surface area contributed by atoms with Crippen LogP contribution < -0.4 is 10.5 Å². The summed E-state index contributed by atoms with van der Waals surface area (Å²) < 4.78 is 5.21. The van der Waals surface area contributed by atoms with Crippen LogP contribution in [0.5, 0.6) is 5.75 Å². The number of aliphatic carboxylic acids is 1. The van der Waals surface area contributed by atoms with E-state index < -0.39 is 5.97 Å². The summed E-state index contributed by atoms with van der Waals surface area (Å²) >= 11 is 1.52. The van der Waals surface area contributed by atoms with Crippen molar-refractivity contribution in [2.24, 2.45) is 5.73 Å². The summed E-state index contributed by atoms with van der Waals surface area (Å²) in [6, 6.07) is 5.48. The Morgan fingerprint density at radius 2 is 2.41 bits per heavy atom. The van der Waals surface area contributed by atoms with Crippen molar-refractivity contribution in [3.63, 3.8) is 0 Å². The minimum Gasteiger partial charge on any atom is -0.482 e. The summed E-state index contributed by atoms with van der Waals surface area (Å²) in [4.78, 5) is 11.5. The van der Waals surface area contributed by atoms with Crippen molar-refractivity contribution < 1.29 is 14.6 Å². The van der Waals surface area contributed by atoms with Crippen LogP contribution in [0, 0.1) is 5.41 Å². The normalized spacial score (nSPS) is 17.5. The number of thioether (sulfide) groups is 1. The Bertz CT molecular complexity index is 476. The highest BCUT2D eigenvalue weighted by Gasteiger charge is 2.27. The van der Waals surface area contributed by atoms with E-state index in [0.717, 1.165) is 10.5 Å². The van der Waals surface area contributed by atoms with Crippen LogP contribution in [0.1, 0.15) is 5.56 Å². The molecule has 0 bridgehead atoms. The number of rotatable bonds is 4. The van der Waals surface area contributed by atoms with Crippen LogP contribution in [0.15, 0.2) is 23.1 Å². The summed E-state index contributed by atoms with van der Waals surface area (Å²) in [6.45, 7) is -0.355. The van der Waals surface area contributed by atoms with E-state index in [1.807, 2.05) is 12.1 Å². The van der Waals surface area contributed by atoms with Crippen LogP contribution in [0.25, 0.3) is 0 Å². The molecule has 1 unspecified atom stereocenters. The molecule has 1 heterocycles. The standard InChI is InChI=1S/C11H12N2O3S/c12-11(13)9-4-6-7(16-5-10(14)15)2-1-3-8(6)17-9/h1-3,9H,4-5H2,(H3,12,13)(H,14,15). The lowest BCUT2D eigenvalue weighted by atomic mass is 10.1. The summed E-state index contributed by atoms with van der Waals surface area (Å²) in [7, 11) is 0. The van der Waals surface area contributed by atoms with Crippen molar-refractivity contribution in [3.05, 3.63) is 23.8 Å². The lowest BCUT2D eigenvalue weighted by Crippen LogP contribution is -2.24. The molecule has 17 heavy (non-hydrogen) atoms. The van der Waals surface area contributed by atoms with Crippen molar-refractivity contribution in [2.75, 3.05) is 6.61 Å². The lowest BCUT2D eigenvalue weighted by molar-refractivity contribution is -0.139. The molecule has 0 aromatic heterocycles. The molecule has 1 aromatic rings. The molecule has 5 nitrogen and oxygen atoms in total. The third kappa shape index (κ3) is 2.52. The Labute approximate surface area is 102 Å². The number of ether oxygens (including phenoxy) is 1. The van der Waals surface area contributed by atoms with Gasteiger partial charge in [0.15, 0.2) is 6.61 Å². The monoisotopic (exact) mass is 252 g/mol. The van der Waals surface area contributed by atoms with E-state index in [1.54, 1.807) is 6.07 Å². The van der Waals surface area contributed by atoms with Gasteiger partial charge < -0.3 is 15.6 Å². The molecule has 0 aliphatic carbocycles. The Hall–Kier alpha value is -1.69. The largest absolute Gasteiger partial charge is 0.482 e. The SMILES string of the molecule is N=C(N)C1Cc2c(OCC(=O)O)cccc2S1. The first kappa shape index (κ1) is 11.8. The van der Waals surface area contributed by atoms with Gasteiger partial charge in [-0.1, -0.05) is 6.07 Å². The van der Waals surface area contributed by atoms with Crippen LogP contribution in [0.3, 0.4) is 0 Å². The third-order valence-corrected chi connectivity index (χ3v) is 3.79. The van der Waals surface area contributed by atoms with Crippen molar-refractivity contribution in [2.45, 2.75) is 16.6 Å². The number of carboxylic acids is 1. The molecule has 90 valence electrons. The molecule has 4 N–H and O–H groups in total. The van der Waals surface area contributed by atoms with E-state index in [2.05, 4.69) is 0 Å². The molecule has 1 atom stereocenters. The number of amidine groups is 1. The number of carbonyl (C=O) groups is 1. The van der Waals surface area contributed by atoms with E-state index >= 15 is 0 Å². The van der Waals surface area contributed by atoms with Gasteiger partial charge in [-0.2, -0.15) is 0 Å². The first-order valence-electron chi connectivity index (χ1n) is 5.05. The Kier molecular flexibility index (Phi) is 3.23. The van der Waals surface area contributed by atoms with Gasteiger partial charge in [0.2, 0.25) is 0 Å². The van der Waals surface area contributed by atoms with Crippen LogP contribution in [-0.4, -0.2) is 28.8 Å². The zero-order valence-corrected chi connectivity index (χ0v) is 9.79. The molecule has 0 radical (unpaired) electrons. The second-order valence-electron chi connectivity index (χ2n) is 3.68. The van der Waals surface area contributed by atoms with E-state index in [0.29, 0.717) is 12.2 Å². The molecular formula is C11H12N2O3S. The van der Waals surface area contributed by atoms with Crippen molar-refractivity contribution in [1.82, 2.24) is 0 Å². The number of benzene rings is 1. The summed E-state index contributed by atoms with van der Waals surface area (Å²) in [5.41, 5.74) is 6.42. The average molecular weight is 252 g/mol. The van der Waals surface area contributed by atoms with Gasteiger partial charge in [-0.15, -0.1) is 11.8 Å². The van der Waals surface area contributed by atoms with Crippen LogP contribution in [0.2, 0.25) is 0 Å². The number of fused-ring (bicyclic) bond motifs is 1. The van der Waals surface area contributed by atoms with Crippen LogP contribution in [-0.2, 0) is 11.2 Å². The minimum atomic E-state index is -1.00. The topological polar surface area (TPSA) is 96.4 Å². The molecule has 0 saturated carbocycles. The molecular weight excluding hydrogens is 240 g/mol. The highest BCUT2D eigenvalue weighted by molar-refractivity contribution is 8.01. The van der Waals surface area contributed by atoms with Gasteiger partial charge in [-0.3, -0.25) is 5.41 Å². The fourth-order valence-corrected chi connectivity index (χ4v) is 2.85. The molecule has 0 saturated heterocycles. The van der Waals surface area contributed by atoms with Gasteiger partial charge in [0, 0.05) is 10.5 Å². The van der Waals surface area contributed by atoms with Gasteiger partial charge >= 0.3 is 5.97 Å². The Morgan fingerprint density at radius 3 is 3.06 bits per heavy atom. The highest BCUT2D eigenvalue weighted by Crippen LogP contribution is 2.41. The predicted octanol–water partition coefficient (Wildman–Crippen LogP) is 1.10. The highest BCUT2D eigenvalue weighted by atomic mass is 32.2. The fraction of sp³-hybridized carbons (Fsp3) is 0.273. The summed E-state index contributed by atoms with van der Waals surface area (Å²) in [5.74, 6) is -0.298. The van der Waals surface area contributed by atoms with E-state index in [4.69, 9.17) is 21.0 Å². The number of hydrogen-bond acceptors (Lipinski definition) is 4. The van der Waals surface area contributed by atoms with E-state index in [9.17, 15) is 4.79 Å². The number of nitrogens with one attached hydrogen (secondary N) is 1. The lowest BCUT2D eigenvalue weighted by Gasteiger charge is -2.08. The first-order chi connectivity index (χ1) is 8.08. The van der Waals surface area contributed by atoms with Crippen LogP contribution >= 0.6 is 11.8 Å². The summed E-state index contributed by atoms with van der Waals surface area (Å²) in [5, 5.41) is 15.9. The van der Waals surface area contributed by atoms with Gasteiger partial charge in [0.25, 0.3) is 0 Å². The van der Waals surface area contributed by atoms with Crippen molar-refractivity contribution >= 4 is 23.6 Å². The molecule has 0 spiro atoms. The van der Waals surface area contributed by atoms with Gasteiger partial charge in [-0.05, 0) is 18.6 Å². The van der Waals surface area contributed by atoms with E-state index in [-0.39, 0.29) is 17.7 Å². The molecule has 0 amide bonds. The Balaban J connectivity index is 2.19. The second-order valence-corrected chi connectivity index (χ2v) is 4.93. The molecule has 2 rings (SSSR count). The maximum absolute atomic E-state index is 10.5. The second kappa shape index (κ2) is 4.67. The zero-order chi connectivity index (χ0) is 12.4. The van der Waals surface area contributed by atoms with E-state index in [1.165, 1.54) is 11.8 Å². The van der Waals surface area contributed by atoms with Crippen LogP contribution in [0.4, 0.5) is 0 Å². The molecule has 6 heteroatoms. The third-order valence-electron chi connectivity index (χ3n) is 2.45. The fourth-order valence-electron chi connectivity index (χ4n) is 1.69. The maximum atomic E-state index is 10.5. The number of hydrogen-bond donors (Lipinski definition) is 3. The van der Waals surface area contributed by atoms with Crippen molar-refractivity contribution in [3.8, 4) is 5.75 Å². The maximum Gasteiger partial charge on any atom is 0.341 e. The van der Waals surface area contributed by atoms with Gasteiger partial charge in [-0.25, -0.2) is 4.79 Å². The summed E-state index contributed by atoms with van der Waals surface area (Å²) in [6.07, 6.45) is 0.616. The molecule has 1 aliphatic rings. The minimum absolute atomic E-state index is 0.0698. The average Bonchev–Trinajstić information content (AvgIpc) is 2.70. The Morgan fingerprint density at radius 1 is 1.65 bits per heavy atom. The van der Waals surface area contributed by atoms with Gasteiger partial charge in [0.05, 0.1) is 5.25 Å². The molecule has 1 aromatic carbocycles. The molecule has 0 fully saturated rings. The number of carboxylic acid groups (broad SMARTS) is 1. The molecule has 1 aliphatic heterocycles. The first-order valence-corrected chi connectivity index (χ1v) is 5.93. The quantitative estimate of drug-likeness (QED) is 0.551. The smallest absolute Gasteiger partial charge is 0.341 e. The number of nitrogens with two attached hydrogens (primary N) is 1. The van der Waals surface area contributed by atoms with Crippen molar-refractivity contribution in [1.29, 1.82) is 5.41 Å². The predicted molar refractivity (Wildman–Crippen MR) is 64.8 cm³/mol.